The number of nitrogens with zero attached hydrogens (tertiary/aromatic N) is 1. The Morgan fingerprint density at radius 3 is 2.44 bits per heavy atom. The quantitative estimate of drug-likeness (QED) is 0.732. The van der Waals surface area contributed by atoms with Crippen LogP contribution in [0.2, 0.25) is 0 Å². The molecule has 6 heteroatoms. The van der Waals surface area contributed by atoms with E-state index in [2.05, 4.69) is 5.32 Å². The molecule has 0 aliphatic heterocycles. The molecule has 0 saturated heterocycles. The van der Waals surface area contributed by atoms with Crippen molar-refractivity contribution in [3.63, 3.8) is 0 Å². The first-order chi connectivity index (χ1) is 11.9. The summed E-state index contributed by atoms with van der Waals surface area (Å²) in [6.45, 7) is 0.273. The second kappa shape index (κ2) is 6.90. The molecule has 0 spiro atoms. The topological polar surface area (TPSA) is 37.2 Å². The van der Waals surface area contributed by atoms with Crippen LogP contribution in [0, 0.1) is 0 Å². The van der Waals surface area contributed by atoms with Gasteiger partial charge in [-0.15, -0.1) is 0 Å². The number of aromatic nitrogens is 1. The van der Waals surface area contributed by atoms with Crippen LogP contribution >= 0.6 is 0 Å². The predicted molar refractivity (Wildman–Crippen MR) is 91.2 cm³/mol. The maximum Gasteiger partial charge on any atom is 0.416 e. The minimum Gasteiger partial charge on any atom is -0.389 e. The van der Waals surface area contributed by atoms with Gasteiger partial charge in [0.15, 0.2) is 0 Å². The molecule has 2 atom stereocenters. The van der Waals surface area contributed by atoms with Gasteiger partial charge in [-0.05, 0) is 36.9 Å². The largest absolute Gasteiger partial charge is 0.416 e. The van der Waals surface area contributed by atoms with E-state index < -0.39 is 17.8 Å². The molecule has 3 aromatic rings. The lowest BCUT2D eigenvalue weighted by molar-refractivity contribution is -0.137. The Hall–Kier alpha value is -2.31. The lowest BCUT2D eigenvalue weighted by Gasteiger charge is -2.24. The van der Waals surface area contributed by atoms with E-state index in [4.69, 9.17) is 0 Å². The molecule has 1 heterocycles. The van der Waals surface area contributed by atoms with Crippen LogP contribution in [0.15, 0.2) is 60.8 Å². The molecule has 0 fully saturated rings. The Labute approximate surface area is 143 Å². The number of rotatable bonds is 5. The molecule has 3 rings (SSSR count). The third-order valence-electron chi connectivity index (χ3n) is 4.34. The van der Waals surface area contributed by atoms with Crippen LogP contribution in [-0.2, 0) is 12.7 Å². The van der Waals surface area contributed by atoms with E-state index in [1.54, 1.807) is 23.9 Å². The first-order valence-corrected chi connectivity index (χ1v) is 7.96. The summed E-state index contributed by atoms with van der Waals surface area (Å²) in [4.78, 5) is 0. The lowest BCUT2D eigenvalue weighted by atomic mass is 10.0. The van der Waals surface area contributed by atoms with Crippen molar-refractivity contribution in [1.29, 1.82) is 0 Å². The minimum absolute atomic E-state index is 0.270. The molecule has 0 aliphatic carbocycles. The van der Waals surface area contributed by atoms with Crippen LogP contribution in [0.3, 0.4) is 0 Å². The van der Waals surface area contributed by atoms with Crippen molar-refractivity contribution in [2.45, 2.75) is 24.9 Å². The predicted octanol–water partition coefficient (Wildman–Crippen LogP) is 3.98. The molecule has 0 amide bonds. The van der Waals surface area contributed by atoms with Crippen molar-refractivity contribution in [2.75, 3.05) is 7.05 Å². The molecule has 3 nitrogen and oxygen atoms in total. The Bertz CT molecular complexity index is 843. The first kappa shape index (κ1) is 17.5. The second-order valence-corrected chi connectivity index (χ2v) is 5.98. The highest BCUT2D eigenvalue weighted by atomic mass is 19.4. The molecule has 0 aliphatic rings. The van der Waals surface area contributed by atoms with Gasteiger partial charge in [-0.2, -0.15) is 13.2 Å². The van der Waals surface area contributed by atoms with E-state index in [1.165, 1.54) is 6.07 Å². The summed E-state index contributed by atoms with van der Waals surface area (Å²) in [5.74, 6) is 0. The molecule has 132 valence electrons. The molecule has 1 aromatic heterocycles. The number of likely N-dealkylation sites (N-methyl/N-ethyl adjacent to an activating group) is 1. The van der Waals surface area contributed by atoms with Gasteiger partial charge in [-0.25, -0.2) is 0 Å². The van der Waals surface area contributed by atoms with Crippen LogP contribution in [0.5, 0.6) is 0 Å². The van der Waals surface area contributed by atoms with E-state index in [0.29, 0.717) is 10.9 Å². The van der Waals surface area contributed by atoms with Crippen molar-refractivity contribution in [2.24, 2.45) is 0 Å². The van der Waals surface area contributed by atoms with Gasteiger partial charge < -0.3 is 15.0 Å². The Balaban J connectivity index is 1.85. The fraction of sp³-hybridized carbons (Fsp3) is 0.263. The number of hydrogen-bond acceptors (Lipinski definition) is 2. The molecule has 25 heavy (non-hydrogen) atoms. The first-order valence-electron chi connectivity index (χ1n) is 7.96. The van der Waals surface area contributed by atoms with Crippen molar-refractivity contribution in [3.8, 4) is 0 Å². The average molecular weight is 348 g/mol. The fourth-order valence-electron chi connectivity index (χ4n) is 3.08. The van der Waals surface area contributed by atoms with E-state index >= 15 is 0 Å². The molecule has 2 N–H and O–H groups in total. The number of nitrogens with one attached hydrogen (secondary N) is 1. The maximum atomic E-state index is 12.8. The summed E-state index contributed by atoms with van der Waals surface area (Å²) in [5, 5.41) is 14.2. The number of hydrogen-bond donors (Lipinski definition) is 2. The zero-order chi connectivity index (χ0) is 18.0. The van der Waals surface area contributed by atoms with E-state index in [9.17, 15) is 18.3 Å². The highest BCUT2D eigenvalue weighted by Gasteiger charge is 2.30. The average Bonchev–Trinajstić information content (AvgIpc) is 2.98. The number of benzene rings is 2. The van der Waals surface area contributed by atoms with Crippen molar-refractivity contribution >= 4 is 10.9 Å². The smallest absolute Gasteiger partial charge is 0.389 e. The van der Waals surface area contributed by atoms with Crippen LogP contribution < -0.4 is 5.32 Å². The molecule has 2 unspecified atom stereocenters. The van der Waals surface area contributed by atoms with Crippen molar-refractivity contribution < 1.29 is 18.3 Å². The van der Waals surface area contributed by atoms with Gasteiger partial charge >= 0.3 is 6.18 Å². The standard InChI is InChI=1S/C19H19F3N2O/c1-23-18(13-5-3-2-4-6-13)17(25)12-24-10-9-14-11-15(19(20,21)22)7-8-16(14)24/h2-11,17-18,23,25H,12H2,1H3. The second-order valence-electron chi connectivity index (χ2n) is 5.98. The van der Waals surface area contributed by atoms with Gasteiger partial charge in [0.25, 0.3) is 0 Å². The van der Waals surface area contributed by atoms with Crippen LogP contribution in [0.1, 0.15) is 17.2 Å². The minimum atomic E-state index is -4.36. The monoisotopic (exact) mass is 348 g/mol. The van der Waals surface area contributed by atoms with Gasteiger partial charge in [0.2, 0.25) is 0 Å². The zero-order valence-electron chi connectivity index (χ0n) is 13.7. The summed E-state index contributed by atoms with van der Waals surface area (Å²) in [7, 11) is 1.77. The summed E-state index contributed by atoms with van der Waals surface area (Å²) in [5.41, 5.74) is 0.943. The van der Waals surface area contributed by atoms with E-state index in [0.717, 1.165) is 17.7 Å². The SMILES string of the molecule is CNC(c1ccccc1)C(O)Cn1ccc2cc(C(F)(F)F)ccc21. The van der Waals surface area contributed by atoms with Crippen LogP contribution in [-0.4, -0.2) is 22.8 Å². The van der Waals surface area contributed by atoms with Gasteiger partial charge in [0.05, 0.1) is 24.3 Å². The van der Waals surface area contributed by atoms with E-state index in [1.807, 2.05) is 30.3 Å². The summed E-state index contributed by atoms with van der Waals surface area (Å²) < 4.78 is 40.2. The third-order valence-corrected chi connectivity index (χ3v) is 4.34. The number of fused-ring (bicyclic) bond motifs is 1. The fourth-order valence-corrected chi connectivity index (χ4v) is 3.08. The number of alkyl halides is 3. The van der Waals surface area contributed by atoms with E-state index in [-0.39, 0.29) is 12.6 Å². The van der Waals surface area contributed by atoms with Crippen LogP contribution in [0.25, 0.3) is 10.9 Å². The van der Waals surface area contributed by atoms with Gasteiger partial charge in [-0.1, -0.05) is 30.3 Å². The highest BCUT2D eigenvalue weighted by Crippen LogP contribution is 2.32. The summed E-state index contributed by atoms with van der Waals surface area (Å²) in [6, 6.07) is 14.6. The summed E-state index contributed by atoms with van der Waals surface area (Å²) >= 11 is 0. The normalized spacial score (nSPS) is 14.6. The zero-order valence-corrected chi connectivity index (χ0v) is 13.7. The Morgan fingerprint density at radius 2 is 1.80 bits per heavy atom. The van der Waals surface area contributed by atoms with Gasteiger partial charge in [-0.3, -0.25) is 0 Å². The van der Waals surface area contributed by atoms with Gasteiger partial charge in [0.1, 0.15) is 0 Å². The third kappa shape index (κ3) is 3.70. The molecule has 0 radical (unpaired) electrons. The van der Waals surface area contributed by atoms with Crippen molar-refractivity contribution in [1.82, 2.24) is 9.88 Å². The summed E-state index contributed by atoms with van der Waals surface area (Å²) in [6.07, 6.45) is -3.39. The molecule has 0 saturated carbocycles. The Kier molecular flexibility index (Phi) is 4.83. The highest BCUT2D eigenvalue weighted by molar-refractivity contribution is 5.81. The maximum absolute atomic E-state index is 12.8. The Morgan fingerprint density at radius 1 is 1.08 bits per heavy atom. The van der Waals surface area contributed by atoms with Gasteiger partial charge in [0, 0.05) is 17.1 Å². The molecular weight excluding hydrogens is 329 g/mol. The van der Waals surface area contributed by atoms with Crippen LogP contribution in [0.4, 0.5) is 13.2 Å². The van der Waals surface area contributed by atoms with Crippen molar-refractivity contribution in [3.05, 3.63) is 71.9 Å². The molecular formula is C19H19F3N2O. The number of halogens is 3. The lowest BCUT2D eigenvalue weighted by Crippen LogP contribution is -2.32. The molecule has 2 aromatic carbocycles. The molecule has 0 bridgehead atoms. The number of aliphatic hydroxyl groups excluding tert-OH is 1. The number of aliphatic hydroxyl groups is 1.